The van der Waals surface area contributed by atoms with Crippen LogP contribution in [-0.4, -0.2) is 0 Å². The Labute approximate surface area is 174 Å². The molecule has 0 amide bonds. The summed E-state index contributed by atoms with van der Waals surface area (Å²) >= 11 is 14.4. The molecule has 0 aliphatic heterocycles. The quantitative estimate of drug-likeness (QED) is 0.323. The van der Waals surface area contributed by atoms with Crippen molar-refractivity contribution in [3.8, 4) is 0 Å². The van der Waals surface area contributed by atoms with E-state index in [0.29, 0.717) is 0 Å². The standard InChI is InChI=1S/C18H11Br4OP/c19-12-6-1-3-10-16(12)24(23,17-11-4-2-7-13(17)20)18-14(21)8-5-9-15(18)22/h1-11H. The maximum Gasteiger partial charge on any atom is 0.175 e. The van der Waals surface area contributed by atoms with Gasteiger partial charge >= 0.3 is 0 Å². The fourth-order valence-electron chi connectivity index (χ4n) is 2.57. The van der Waals surface area contributed by atoms with Crippen molar-refractivity contribution in [1.82, 2.24) is 0 Å². The highest BCUT2D eigenvalue weighted by atomic mass is 79.9. The van der Waals surface area contributed by atoms with Crippen LogP contribution in [0.4, 0.5) is 0 Å². The smallest absolute Gasteiger partial charge is 0.175 e. The predicted molar refractivity (Wildman–Crippen MR) is 117 cm³/mol. The lowest BCUT2D eigenvalue weighted by Gasteiger charge is -2.24. The van der Waals surface area contributed by atoms with Crippen molar-refractivity contribution in [3.63, 3.8) is 0 Å². The summed E-state index contributed by atoms with van der Waals surface area (Å²) < 4.78 is 17.9. The van der Waals surface area contributed by atoms with Crippen molar-refractivity contribution in [2.75, 3.05) is 0 Å². The van der Waals surface area contributed by atoms with E-state index in [1.807, 2.05) is 66.7 Å². The number of hydrogen-bond acceptors (Lipinski definition) is 1. The van der Waals surface area contributed by atoms with E-state index in [0.717, 1.165) is 33.8 Å². The molecule has 0 aliphatic carbocycles. The summed E-state index contributed by atoms with van der Waals surface area (Å²) in [4.78, 5) is 0. The SMILES string of the molecule is O=P(c1ccccc1Br)(c1ccccc1Br)c1c(Br)cccc1Br. The van der Waals surface area contributed by atoms with Gasteiger partial charge < -0.3 is 4.57 Å². The Balaban J connectivity index is 2.46. The Hall–Kier alpha value is -0.190. The number of hydrogen-bond donors (Lipinski definition) is 0. The van der Waals surface area contributed by atoms with Crippen LogP contribution in [0.3, 0.4) is 0 Å². The molecule has 3 aromatic carbocycles. The summed E-state index contributed by atoms with van der Waals surface area (Å²) in [7, 11) is -3.11. The van der Waals surface area contributed by atoms with Crippen molar-refractivity contribution in [2.45, 2.75) is 0 Å². The Morgan fingerprint density at radius 2 is 0.917 bits per heavy atom. The van der Waals surface area contributed by atoms with Gasteiger partial charge in [0.25, 0.3) is 0 Å². The molecule has 0 fully saturated rings. The van der Waals surface area contributed by atoms with Gasteiger partial charge in [-0.15, -0.1) is 0 Å². The Morgan fingerprint density at radius 3 is 1.33 bits per heavy atom. The molecule has 6 heteroatoms. The third-order valence-corrected chi connectivity index (χ3v) is 10.8. The molecule has 0 bridgehead atoms. The fourth-order valence-corrected chi connectivity index (χ4v) is 9.97. The van der Waals surface area contributed by atoms with E-state index in [4.69, 9.17) is 0 Å². The van der Waals surface area contributed by atoms with Gasteiger partial charge in [-0.3, -0.25) is 0 Å². The van der Waals surface area contributed by atoms with Crippen LogP contribution < -0.4 is 15.9 Å². The van der Waals surface area contributed by atoms with Crippen LogP contribution in [0.15, 0.2) is 84.6 Å². The van der Waals surface area contributed by atoms with Gasteiger partial charge in [0.2, 0.25) is 0 Å². The first-order valence-corrected chi connectivity index (χ1v) is 11.9. The second-order valence-electron chi connectivity index (χ2n) is 5.08. The minimum Gasteiger partial charge on any atom is -0.308 e. The predicted octanol–water partition coefficient (Wildman–Crippen LogP) is 6.38. The summed E-state index contributed by atoms with van der Waals surface area (Å²) in [5, 5.41) is 2.29. The first-order valence-electron chi connectivity index (χ1n) is 7.01. The van der Waals surface area contributed by atoms with Crippen molar-refractivity contribution in [2.24, 2.45) is 0 Å². The molecule has 0 atom stereocenters. The molecule has 0 spiro atoms. The second-order valence-corrected chi connectivity index (χ2v) is 11.1. The Morgan fingerprint density at radius 1 is 0.542 bits per heavy atom. The molecule has 1 nitrogen and oxygen atoms in total. The number of halogens is 4. The summed E-state index contributed by atoms with van der Waals surface area (Å²) in [6.45, 7) is 0. The lowest BCUT2D eigenvalue weighted by Crippen LogP contribution is -2.28. The van der Waals surface area contributed by atoms with E-state index >= 15 is 0 Å². The van der Waals surface area contributed by atoms with E-state index in [1.165, 1.54) is 0 Å². The maximum absolute atomic E-state index is 14.6. The third-order valence-electron chi connectivity index (χ3n) is 3.64. The molecule has 0 aromatic heterocycles. The van der Waals surface area contributed by atoms with Crippen molar-refractivity contribution in [3.05, 3.63) is 84.6 Å². The van der Waals surface area contributed by atoms with E-state index in [1.54, 1.807) is 0 Å². The Bertz CT molecular complexity index is 886. The van der Waals surface area contributed by atoms with Crippen LogP contribution in [0.25, 0.3) is 0 Å². The summed E-state index contributed by atoms with van der Waals surface area (Å²) in [5.74, 6) is 0. The average Bonchev–Trinajstić information content (AvgIpc) is 2.55. The fraction of sp³-hybridized carbons (Fsp3) is 0. The molecule has 0 unspecified atom stereocenters. The van der Waals surface area contributed by atoms with Gasteiger partial charge in [-0.25, -0.2) is 0 Å². The van der Waals surface area contributed by atoms with Gasteiger partial charge in [0, 0.05) is 33.8 Å². The van der Waals surface area contributed by atoms with Crippen LogP contribution in [0, 0.1) is 0 Å². The maximum atomic E-state index is 14.6. The minimum absolute atomic E-state index is 0.754. The molecule has 0 N–H and O–H groups in total. The van der Waals surface area contributed by atoms with Crippen LogP contribution >= 0.6 is 70.9 Å². The largest absolute Gasteiger partial charge is 0.308 e. The van der Waals surface area contributed by atoms with Crippen LogP contribution in [0.2, 0.25) is 0 Å². The highest BCUT2D eigenvalue weighted by Gasteiger charge is 2.36. The van der Waals surface area contributed by atoms with Gasteiger partial charge in [-0.05, 0) is 68.3 Å². The van der Waals surface area contributed by atoms with E-state index < -0.39 is 7.14 Å². The van der Waals surface area contributed by atoms with Gasteiger partial charge in [0.05, 0.1) is 0 Å². The lowest BCUT2D eigenvalue weighted by atomic mass is 10.3. The van der Waals surface area contributed by atoms with E-state index in [2.05, 4.69) is 63.7 Å². The molecule has 3 aromatic rings. The molecule has 0 saturated carbocycles. The zero-order chi connectivity index (χ0) is 17.3. The van der Waals surface area contributed by atoms with Crippen molar-refractivity contribution in [1.29, 1.82) is 0 Å². The van der Waals surface area contributed by atoms with Gasteiger partial charge in [-0.2, -0.15) is 0 Å². The third kappa shape index (κ3) is 3.26. The lowest BCUT2D eigenvalue weighted by molar-refractivity contribution is 0.592. The van der Waals surface area contributed by atoms with Crippen LogP contribution in [0.1, 0.15) is 0 Å². The number of rotatable bonds is 3. The monoisotopic (exact) mass is 590 g/mol. The summed E-state index contributed by atoms with van der Waals surface area (Å²) in [6.07, 6.45) is 0. The molecule has 0 radical (unpaired) electrons. The van der Waals surface area contributed by atoms with Gasteiger partial charge in [0.1, 0.15) is 0 Å². The summed E-state index contributed by atoms with van der Waals surface area (Å²) in [5.41, 5.74) is 0. The zero-order valence-electron chi connectivity index (χ0n) is 12.2. The molecule has 3 rings (SSSR count). The first kappa shape index (κ1) is 18.6. The highest BCUT2D eigenvalue weighted by Crippen LogP contribution is 2.49. The highest BCUT2D eigenvalue weighted by molar-refractivity contribution is 9.11. The average molecular weight is 594 g/mol. The normalized spacial score (nSPS) is 11.5. The zero-order valence-corrected chi connectivity index (χ0v) is 19.5. The van der Waals surface area contributed by atoms with E-state index in [-0.39, 0.29) is 0 Å². The van der Waals surface area contributed by atoms with Crippen LogP contribution in [-0.2, 0) is 4.57 Å². The Kier molecular flexibility index (Phi) is 5.88. The topological polar surface area (TPSA) is 17.1 Å². The van der Waals surface area contributed by atoms with E-state index in [9.17, 15) is 4.57 Å². The molecular weight excluding hydrogens is 583 g/mol. The van der Waals surface area contributed by atoms with Gasteiger partial charge in [0.15, 0.2) is 7.14 Å². The minimum atomic E-state index is -3.11. The summed E-state index contributed by atoms with van der Waals surface area (Å²) in [6, 6.07) is 21.1. The first-order chi connectivity index (χ1) is 11.5. The second kappa shape index (κ2) is 7.59. The molecule has 24 heavy (non-hydrogen) atoms. The molecular formula is C18H11Br4OP. The molecule has 0 heterocycles. The molecule has 0 aliphatic rings. The van der Waals surface area contributed by atoms with Crippen molar-refractivity contribution < 1.29 is 4.57 Å². The molecule has 0 saturated heterocycles. The van der Waals surface area contributed by atoms with Crippen molar-refractivity contribution >= 4 is 86.8 Å². The molecule has 122 valence electrons. The number of benzene rings is 3. The van der Waals surface area contributed by atoms with Crippen LogP contribution in [0.5, 0.6) is 0 Å². The van der Waals surface area contributed by atoms with Gasteiger partial charge in [-0.1, -0.05) is 62.2 Å².